The van der Waals surface area contributed by atoms with E-state index >= 15 is 0 Å². The highest BCUT2D eigenvalue weighted by atomic mass is 19.1. The largest absolute Gasteiger partial charge is 0.457 e. The Morgan fingerprint density at radius 1 is 1.25 bits per heavy atom. The zero-order chi connectivity index (χ0) is 14.7. The summed E-state index contributed by atoms with van der Waals surface area (Å²) in [6, 6.07) is 9.29. The van der Waals surface area contributed by atoms with E-state index in [1.165, 1.54) is 49.4 Å². The van der Waals surface area contributed by atoms with Gasteiger partial charge >= 0.3 is 0 Å². The fourth-order valence-electron chi connectivity index (χ4n) is 1.70. The lowest BCUT2D eigenvalue weighted by Gasteiger charge is -2.13. The van der Waals surface area contributed by atoms with Crippen LogP contribution in [-0.2, 0) is 0 Å². The van der Waals surface area contributed by atoms with Gasteiger partial charge in [-0.1, -0.05) is 0 Å². The lowest BCUT2D eigenvalue weighted by atomic mass is 10.1. The SMILES string of the molecule is CC(O)c1cc(F)ccc1Oc1ccc([N+](=O)[O-])cc1. The highest BCUT2D eigenvalue weighted by molar-refractivity contribution is 5.42. The van der Waals surface area contributed by atoms with Crippen LogP contribution in [0.1, 0.15) is 18.6 Å². The van der Waals surface area contributed by atoms with Gasteiger partial charge in [0.05, 0.1) is 11.0 Å². The number of rotatable bonds is 4. The van der Waals surface area contributed by atoms with Gasteiger partial charge in [0.2, 0.25) is 0 Å². The van der Waals surface area contributed by atoms with E-state index in [0.29, 0.717) is 17.1 Å². The van der Waals surface area contributed by atoms with Crippen molar-refractivity contribution in [3.05, 3.63) is 64.0 Å². The molecule has 20 heavy (non-hydrogen) atoms. The van der Waals surface area contributed by atoms with Crippen molar-refractivity contribution in [2.24, 2.45) is 0 Å². The summed E-state index contributed by atoms with van der Waals surface area (Å²) in [7, 11) is 0. The van der Waals surface area contributed by atoms with Crippen molar-refractivity contribution in [3.8, 4) is 11.5 Å². The Labute approximate surface area is 114 Å². The minimum Gasteiger partial charge on any atom is -0.457 e. The number of non-ortho nitro benzene ring substituents is 1. The lowest BCUT2D eigenvalue weighted by Crippen LogP contribution is -1.97. The molecule has 1 unspecified atom stereocenters. The molecule has 0 spiro atoms. The first-order chi connectivity index (χ1) is 9.47. The van der Waals surface area contributed by atoms with Gasteiger partial charge in [-0.2, -0.15) is 0 Å². The van der Waals surface area contributed by atoms with Gasteiger partial charge in [-0.25, -0.2) is 4.39 Å². The summed E-state index contributed by atoms with van der Waals surface area (Å²) in [6.45, 7) is 1.50. The van der Waals surface area contributed by atoms with Crippen LogP contribution in [0, 0.1) is 15.9 Å². The van der Waals surface area contributed by atoms with E-state index in [9.17, 15) is 19.6 Å². The molecule has 2 aromatic carbocycles. The molecule has 104 valence electrons. The Morgan fingerprint density at radius 2 is 1.90 bits per heavy atom. The fourth-order valence-corrected chi connectivity index (χ4v) is 1.70. The van der Waals surface area contributed by atoms with Gasteiger partial charge in [0.25, 0.3) is 5.69 Å². The second-order valence-electron chi connectivity index (χ2n) is 4.21. The maximum absolute atomic E-state index is 13.1. The molecule has 0 radical (unpaired) electrons. The molecule has 0 saturated heterocycles. The summed E-state index contributed by atoms with van der Waals surface area (Å²) in [5.74, 6) is 0.191. The highest BCUT2D eigenvalue weighted by Gasteiger charge is 2.12. The van der Waals surface area contributed by atoms with Gasteiger partial charge in [-0.3, -0.25) is 10.1 Å². The standard InChI is InChI=1S/C14H12FNO4/c1-9(17)13-8-10(15)2-7-14(13)20-12-5-3-11(4-6-12)16(18)19/h2-9,17H,1H3. The summed E-state index contributed by atoms with van der Waals surface area (Å²) in [4.78, 5) is 10.0. The van der Waals surface area contributed by atoms with Gasteiger partial charge in [-0.15, -0.1) is 0 Å². The molecule has 0 aliphatic heterocycles. The highest BCUT2D eigenvalue weighted by Crippen LogP contribution is 2.31. The number of nitro benzene ring substituents is 1. The molecule has 0 aromatic heterocycles. The number of benzene rings is 2. The predicted octanol–water partition coefficient (Wildman–Crippen LogP) is 3.58. The molecule has 0 bridgehead atoms. The quantitative estimate of drug-likeness (QED) is 0.684. The average Bonchev–Trinajstić information content (AvgIpc) is 2.41. The van der Waals surface area contributed by atoms with Crippen LogP contribution in [-0.4, -0.2) is 10.0 Å². The number of halogens is 1. The van der Waals surface area contributed by atoms with Crippen molar-refractivity contribution >= 4 is 5.69 Å². The number of aliphatic hydroxyl groups is 1. The third-order valence-corrected chi connectivity index (χ3v) is 2.70. The van der Waals surface area contributed by atoms with Crippen LogP contribution in [0.15, 0.2) is 42.5 Å². The molecule has 0 saturated carbocycles. The Kier molecular flexibility index (Phi) is 3.95. The zero-order valence-electron chi connectivity index (χ0n) is 10.6. The van der Waals surface area contributed by atoms with Crippen LogP contribution in [0.25, 0.3) is 0 Å². The molecule has 0 aliphatic rings. The van der Waals surface area contributed by atoms with Gasteiger partial charge in [0.15, 0.2) is 0 Å². The second kappa shape index (κ2) is 5.66. The van der Waals surface area contributed by atoms with Crippen LogP contribution < -0.4 is 4.74 Å². The first kappa shape index (κ1) is 14.0. The molecule has 0 aliphatic carbocycles. The van der Waals surface area contributed by atoms with E-state index in [0.717, 1.165) is 0 Å². The van der Waals surface area contributed by atoms with E-state index < -0.39 is 16.8 Å². The van der Waals surface area contributed by atoms with Crippen LogP contribution in [0.5, 0.6) is 11.5 Å². The minimum atomic E-state index is -0.890. The van der Waals surface area contributed by atoms with Crippen molar-refractivity contribution < 1.29 is 19.2 Å². The maximum atomic E-state index is 13.1. The molecule has 0 heterocycles. The fraction of sp³-hybridized carbons (Fsp3) is 0.143. The van der Waals surface area contributed by atoms with Crippen molar-refractivity contribution in [2.75, 3.05) is 0 Å². The molecule has 2 rings (SSSR count). The van der Waals surface area contributed by atoms with Crippen molar-refractivity contribution in [2.45, 2.75) is 13.0 Å². The molecular formula is C14H12FNO4. The molecule has 0 fully saturated rings. The number of hydrogen-bond acceptors (Lipinski definition) is 4. The molecule has 0 amide bonds. The number of nitro groups is 1. The maximum Gasteiger partial charge on any atom is 0.269 e. The van der Waals surface area contributed by atoms with Crippen LogP contribution in [0.3, 0.4) is 0 Å². The summed E-state index contributed by atoms with van der Waals surface area (Å²) >= 11 is 0. The van der Waals surface area contributed by atoms with Gasteiger partial charge in [0, 0.05) is 17.7 Å². The van der Waals surface area contributed by atoms with E-state index in [2.05, 4.69) is 0 Å². The van der Waals surface area contributed by atoms with Crippen molar-refractivity contribution in [3.63, 3.8) is 0 Å². The summed E-state index contributed by atoms with van der Waals surface area (Å²) in [5.41, 5.74) is 0.260. The zero-order valence-corrected chi connectivity index (χ0v) is 10.6. The topological polar surface area (TPSA) is 72.6 Å². The van der Waals surface area contributed by atoms with Gasteiger partial charge < -0.3 is 9.84 Å². The lowest BCUT2D eigenvalue weighted by molar-refractivity contribution is -0.384. The number of nitrogens with zero attached hydrogens (tertiary/aromatic N) is 1. The predicted molar refractivity (Wildman–Crippen MR) is 70.2 cm³/mol. The molecule has 2 aromatic rings. The first-order valence-electron chi connectivity index (χ1n) is 5.87. The van der Waals surface area contributed by atoms with Gasteiger partial charge in [-0.05, 0) is 37.3 Å². The number of aliphatic hydroxyl groups excluding tert-OH is 1. The monoisotopic (exact) mass is 277 g/mol. The van der Waals surface area contributed by atoms with Crippen molar-refractivity contribution in [1.82, 2.24) is 0 Å². The average molecular weight is 277 g/mol. The molecule has 1 atom stereocenters. The molecule has 1 N–H and O–H groups in total. The Balaban J connectivity index is 2.27. The van der Waals surface area contributed by atoms with Crippen LogP contribution >= 0.6 is 0 Å². The summed E-state index contributed by atoms with van der Waals surface area (Å²) in [6.07, 6.45) is -0.890. The molecule has 6 heteroatoms. The van der Waals surface area contributed by atoms with Crippen LogP contribution in [0.2, 0.25) is 0 Å². The van der Waals surface area contributed by atoms with E-state index in [4.69, 9.17) is 4.74 Å². The van der Waals surface area contributed by atoms with E-state index in [1.54, 1.807) is 0 Å². The minimum absolute atomic E-state index is 0.0489. The molecular weight excluding hydrogens is 265 g/mol. The van der Waals surface area contributed by atoms with Crippen LogP contribution in [0.4, 0.5) is 10.1 Å². The van der Waals surface area contributed by atoms with E-state index in [1.807, 2.05) is 0 Å². The Hall–Kier alpha value is -2.47. The Morgan fingerprint density at radius 3 is 2.45 bits per heavy atom. The molecule has 5 nitrogen and oxygen atoms in total. The smallest absolute Gasteiger partial charge is 0.269 e. The third-order valence-electron chi connectivity index (χ3n) is 2.70. The Bertz CT molecular complexity index is 626. The number of hydrogen-bond donors (Lipinski definition) is 1. The normalized spacial score (nSPS) is 11.9. The second-order valence-corrected chi connectivity index (χ2v) is 4.21. The van der Waals surface area contributed by atoms with Gasteiger partial charge in [0.1, 0.15) is 17.3 Å². The summed E-state index contributed by atoms with van der Waals surface area (Å²) in [5, 5.41) is 20.1. The van der Waals surface area contributed by atoms with Crippen molar-refractivity contribution in [1.29, 1.82) is 0 Å². The third kappa shape index (κ3) is 3.10. The van der Waals surface area contributed by atoms with E-state index in [-0.39, 0.29) is 5.69 Å². The number of ether oxygens (including phenoxy) is 1. The first-order valence-corrected chi connectivity index (χ1v) is 5.87. The summed E-state index contributed by atoms with van der Waals surface area (Å²) < 4.78 is 18.7.